The Morgan fingerprint density at radius 2 is 2.09 bits per heavy atom. The highest BCUT2D eigenvalue weighted by molar-refractivity contribution is 6.32. The number of nitrogens with one attached hydrogen (secondary N) is 2. The van der Waals surface area contributed by atoms with Crippen LogP contribution in [0.1, 0.15) is 37.7 Å². The van der Waals surface area contributed by atoms with Crippen LogP contribution >= 0.6 is 11.6 Å². The first-order valence-corrected chi connectivity index (χ1v) is 8.22. The predicted octanol–water partition coefficient (Wildman–Crippen LogP) is 3.88. The highest BCUT2D eigenvalue weighted by Gasteiger charge is 2.34. The monoisotopic (exact) mass is 335 g/mol. The van der Waals surface area contributed by atoms with Gasteiger partial charge in [0.15, 0.2) is 0 Å². The van der Waals surface area contributed by atoms with Crippen LogP contribution in [0.5, 0.6) is 0 Å². The second-order valence-electron chi connectivity index (χ2n) is 6.13. The van der Waals surface area contributed by atoms with E-state index in [1.54, 1.807) is 12.1 Å². The van der Waals surface area contributed by atoms with Crippen molar-refractivity contribution in [2.24, 2.45) is 0 Å². The Morgan fingerprint density at radius 3 is 2.83 bits per heavy atom. The Morgan fingerprint density at radius 1 is 1.30 bits per heavy atom. The van der Waals surface area contributed by atoms with Gasteiger partial charge >= 0.3 is 0 Å². The van der Waals surface area contributed by atoms with E-state index in [1.807, 2.05) is 6.07 Å². The van der Waals surface area contributed by atoms with Gasteiger partial charge in [0, 0.05) is 12.0 Å². The van der Waals surface area contributed by atoms with E-state index in [0.29, 0.717) is 12.2 Å². The molecule has 0 aliphatic heterocycles. The maximum Gasteiger partial charge on any atom is 0.285 e. The largest absolute Gasteiger partial charge is 0.381 e. The summed E-state index contributed by atoms with van der Waals surface area (Å²) < 4.78 is 13.7. The molecule has 122 valence electrons. The molecule has 2 N–H and O–H groups in total. The summed E-state index contributed by atoms with van der Waals surface area (Å²) in [6, 6.07) is 6.81. The third-order valence-electron chi connectivity index (χ3n) is 4.66. The molecule has 0 amide bonds. The summed E-state index contributed by atoms with van der Waals surface area (Å²) in [6.07, 6.45) is 6.89. The van der Waals surface area contributed by atoms with Gasteiger partial charge in [0.25, 0.3) is 5.56 Å². The Bertz CT molecular complexity index is 741. The molecule has 2 aromatic rings. The number of halogens is 2. The average molecular weight is 336 g/mol. The van der Waals surface area contributed by atoms with Gasteiger partial charge in [-0.15, -0.1) is 0 Å². The predicted molar refractivity (Wildman–Crippen MR) is 89.5 cm³/mol. The fourth-order valence-electron chi connectivity index (χ4n) is 3.39. The topological polar surface area (TPSA) is 57.8 Å². The van der Waals surface area contributed by atoms with Crippen LogP contribution in [-0.2, 0) is 5.41 Å². The Hall–Kier alpha value is -1.88. The molecule has 1 aromatic carbocycles. The molecule has 1 saturated carbocycles. The summed E-state index contributed by atoms with van der Waals surface area (Å²) in [5.74, 6) is -0.219. The van der Waals surface area contributed by atoms with Crippen LogP contribution in [0, 0.1) is 5.82 Å². The molecule has 1 aliphatic carbocycles. The highest BCUT2D eigenvalue weighted by atomic mass is 35.5. The van der Waals surface area contributed by atoms with Crippen molar-refractivity contribution in [1.82, 2.24) is 10.2 Å². The standard InChI is InChI=1S/C17H19ClFN3O/c18-15-14(10-21-22-16(15)23)20-11-17(7-2-1-3-8-17)12-5-4-6-13(19)9-12/h4-6,9-10H,1-3,7-8,11H2,(H2,20,22,23). The number of hydrogen-bond acceptors (Lipinski definition) is 3. The van der Waals surface area contributed by atoms with Crippen molar-refractivity contribution in [2.75, 3.05) is 11.9 Å². The minimum absolute atomic E-state index is 0.102. The van der Waals surface area contributed by atoms with Crippen molar-refractivity contribution in [2.45, 2.75) is 37.5 Å². The summed E-state index contributed by atoms with van der Waals surface area (Å²) in [5.41, 5.74) is 0.947. The molecule has 0 radical (unpaired) electrons. The van der Waals surface area contributed by atoms with Gasteiger partial charge in [-0.2, -0.15) is 5.10 Å². The van der Waals surface area contributed by atoms with Crippen molar-refractivity contribution in [3.63, 3.8) is 0 Å². The molecular weight excluding hydrogens is 317 g/mol. The lowest BCUT2D eigenvalue weighted by Crippen LogP contribution is -2.37. The fourth-order valence-corrected chi connectivity index (χ4v) is 3.54. The maximum absolute atomic E-state index is 13.7. The van der Waals surface area contributed by atoms with Crippen LogP contribution < -0.4 is 10.9 Å². The fraction of sp³-hybridized carbons (Fsp3) is 0.412. The number of nitrogens with zero attached hydrogens (tertiary/aromatic N) is 1. The zero-order chi connectivity index (χ0) is 16.3. The van der Waals surface area contributed by atoms with Gasteiger partial charge < -0.3 is 5.32 Å². The average Bonchev–Trinajstić information content (AvgIpc) is 2.57. The molecule has 4 nitrogen and oxygen atoms in total. The summed E-state index contributed by atoms with van der Waals surface area (Å²) in [5, 5.41) is 9.42. The van der Waals surface area contributed by atoms with Gasteiger partial charge in [-0.3, -0.25) is 4.79 Å². The molecule has 0 saturated heterocycles. The number of benzene rings is 1. The second kappa shape index (κ2) is 6.71. The number of H-pyrrole nitrogens is 1. The molecule has 6 heteroatoms. The third kappa shape index (κ3) is 3.39. The van der Waals surface area contributed by atoms with Gasteiger partial charge in [0.05, 0.1) is 11.9 Å². The van der Waals surface area contributed by atoms with E-state index in [4.69, 9.17) is 11.6 Å². The first-order chi connectivity index (χ1) is 11.1. The van der Waals surface area contributed by atoms with E-state index in [9.17, 15) is 9.18 Å². The van der Waals surface area contributed by atoms with Crippen LogP contribution in [-0.4, -0.2) is 16.7 Å². The lowest BCUT2D eigenvalue weighted by atomic mass is 9.69. The smallest absolute Gasteiger partial charge is 0.285 e. The molecule has 3 rings (SSSR count). The van der Waals surface area contributed by atoms with E-state index < -0.39 is 5.56 Å². The van der Waals surface area contributed by atoms with Crippen LogP contribution in [0.25, 0.3) is 0 Å². The van der Waals surface area contributed by atoms with E-state index in [-0.39, 0.29) is 16.3 Å². The summed E-state index contributed by atoms with van der Waals surface area (Å²) in [6.45, 7) is 0.599. The van der Waals surface area contributed by atoms with Gasteiger partial charge in [0.2, 0.25) is 0 Å². The summed E-state index contributed by atoms with van der Waals surface area (Å²) in [7, 11) is 0. The van der Waals surface area contributed by atoms with Crippen molar-refractivity contribution in [3.8, 4) is 0 Å². The van der Waals surface area contributed by atoms with Gasteiger partial charge in [-0.05, 0) is 30.5 Å². The summed E-state index contributed by atoms with van der Waals surface area (Å²) in [4.78, 5) is 11.5. The lowest BCUT2D eigenvalue weighted by Gasteiger charge is -2.38. The van der Waals surface area contributed by atoms with Gasteiger partial charge in [0.1, 0.15) is 10.8 Å². The Kier molecular flexibility index (Phi) is 4.66. The van der Waals surface area contributed by atoms with Crippen LogP contribution in [0.4, 0.5) is 10.1 Å². The van der Waals surface area contributed by atoms with Crippen LogP contribution in [0.3, 0.4) is 0 Å². The van der Waals surface area contributed by atoms with E-state index in [1.165, 1.54) is 18.7 Å². The van der Waals surface area contributed by atoms with E-state index >= 15 is 0 Å². The normalized spacial score (nSPS) is 17.0. The third-order valence-corrected chi connectivity index (χ3v) is 5.04. The number of anilines is 1. The lowest BCUT2D eigenvalue weighted by molar-refractivity contribution is 0.307. The molecular formula is C17H19ClFN3O. The van der Waals surface area contributed by atoms with E-state index in [0.717, 1.165) is 31.2 Å². The van der Waals surface area contributed by atoms with Crippen molar-refractivity contribution in [1.29, 1.82) is 0 Å². The molecule has 1 aliphatic rings. The zero-order valence-corrected chi connectivity index (χ0v) is 13.5. The molecule has 0 unspecified atom stereocenters. The Labute approximate surface area is 139 Å². The van der Waals surface area contributed by atoms with Crippen molar-refractivity contribution < 1.29 is 4.39 Å². The number of aromatic amines is 1. The molecule has 1 heterocycles. The summed E-state index contributed by atoms with van der Waals surface area (Å²) >= 11 is 6.02. The van der Waals surface area contributed by atoms with Crippen LogP contribution in [0.2, 0.25) is 5.02 Å². The number of hydrogen-bond donors (Lipinski definition) is 2. The first kappa shape index (κ1) is 16.0. The molecule has 0 atom stereocenters. The minimum Gasteiger partial charge on any atom is -0.381 e. The molecule has 1 aromatic heterocycles. The zero-order valence-electron chi connectivity index (χ0n) is 12.7. The number of rotatable bonds is 4. The SMILES string of the molecule is O=c1[nH]ncc(NCC2(c3cccc(F)c3)CCCCC2)c1Cl. The van der Waals surface area contributed by atoms with Gasteiger partial charge in [-0.1, -0.05) is 43.0 Å². The van der Waals surface area contributed by atoms with Gasteiger partial charge in [-0.25, -0.2) is 9.49 Å². The minimum atomic E-state index is -0.417. The molecule has 0 spiro atoms. The highest BCUT2D eigenvalue weighted by Crippen LogP contribution is 2.40. The first-order valence-electron chi connectivity index (χ1n) is 7.84. The second-order valence-corrected chi connectivity index (χ2v) is 6.51. The van der Waals surface area contributed by atoms with Crippen molar-refractivity contribution in [3.05, 3.63) is 57.2 Å². The molecule has 23 heavy (non-hydrogen) atoms. The Balaban J connectivity index is 1.88. The number of aromatic nitrogens is 2. The molecule has 1 fully saturated rings. The van der Waals surface area contributed by atoms with Crippen LogP contribution in [0.15, 0.2) is 35.3 Å². The van der Waals surface area contributed by atoms with E-state index in [2.05, 4.69) is 15.5 Å². The molecule has 0 bridgehead atoms. The van der Waals surface area contributed by atoms with Crippen molar-refractivity contribution >= 4 is 17.3 Å². The quantitative estimate of drug-likeness (QED) is 0.891. The maximum atomic E-state index is 13.7.